The zero-order valence-electron chi connectivity index (χ0n) is 10.2. The number of hydrogen-bond acceptors (Lipinski definition) is 4. The summed E-state index contributed by atoms with van der Waals surface area (Å²) in [4.78, 5) is 23.1. The van der Waals surface area contributed by atoms with Crippen LogP contribution in [-0.2, 0) is 19.1 Å². The summed E-state index contributed by atoms with van der Waals surface area (Å²) in [6, 6.07) is 0. The topological polar surface area (TPSA) is 52.6 Å². The van der Waals surface area contributed by atoms with Gasteiger partial charge in [-0.1, -0.05) is 0 Å². The van der Waals surface area contributed by atoms with Gasteiger partial charge >= 0.3 is 5.97 Å². The largest absolute Gasteiger partial charge is 0.501 e. The zero-order chi connectivity index (χ0) is 12.3. The second-order valence-corrected chi connectivity index (χ2v) is 4.92. The van der Waals surface area contributed by atoms with Crippen LogP contribution in [0.25, 0.3) is 0 Å². The molecule has 4 nitrogen and oxygen atoms in total. The van der Waals surface area contributed by atoms with Crippen molar-refractivity contribution in [1.29, 1.82) is 0 Å². The average Bonchev–Trinajstić information content (AvgIpc) is 2.14. The number of hydrogen-bond donors (Lipinski definition) is 0. The Hall–Kier alpha value is -1.32. The Morgan fingerprint density at radius 2 is 2.00 bits per heavy atom. The first-order chi connectivity index (χ1) is 7.31. The summed E-state index contributed by atoms with van der Waals surface area (Å²) in [5, 5.41) is 0. The SMILES string of the molecule is COC1=CC(=O)CC(C(=O)OC(C)(C)C)C1. The van der Waals surface area contributed by atoms with Crippen molar-refractivity contribution in [1.82, 2.24) is 0 Å². The molecule has 0 saturated heterocycles. The van der Waals surface area contributed by atoms with Crippen LogP contribution >= 0.6 is 0 Å². The van der Waals surface area contributed by atoms with Crippen molar-refractivity contribution in [3.05, 3.63) is 11.8 Å². The molecule has 0 N–H and O–H groups in total. The third-order valence-corrected chi connectivity index (χ3v) is 2.22. The van der Waals surface area contributed by atoms with Gasteiger partial charge in [0.25, 0.3) is 0 Å². The maximum atomic E-state index is 11.8. The molecule has 1 aliphatic rings. The second kappa shape index (κ2) is 4.68. The normalized spacial score (nSPS) is 21.4. The molecule has 0 amide bonds. The predicted octanol–water partition coefficient (Wildman–Crippen LogP) is 1.84. The summed E-state index contributed by atoms with van der Waals surface area (Å²) in [7, 11) is 1.50. The summed E-state index contributed by atoms with van der Waals surface area (Å²) < 4.78 is 10.2. The molecule has 90 valence electrons. The molecule has 1 aliphatic carbocycles. The summed E-state index contributed by atoms with van der Waals surface area (Å²) in [5.41, 5.74) is -0.519. The van der Waals surface area contributed by atoms with E-state index in [1.807, 2.05) is 20.8 Å². The van der Waals surface area contributed by atoms with Gasteiger partial charge in [0.1, 0.15) is 5.60 Å². The van der Waals surface area contributed by atoms with Crippen LogP contribution in [0.2, 0.25) is 0 Å². The van der Waals surface area contributed by atoms with E-state index in [-0.39, 0.29) is 18.2 Å². The Bertz CT molecular complexity index is 322. The lowest BCUT2D eigenvalue weighted by molar-refractivity contribution is -0.161. The molecule has 1 rings (SSSR count). The van der Waals surface area contributed by atoms with Crippen LogP contribution < -0.4 is 0 Å². The van der Waals surface area contributed by atoms with Crippen LogP contribution in [-0.4, -0.2) is 24.5 Å². The van der Waals surface area contributed by atoms with Gasteiger partial charge in [0.15, 0.2) is 5.78 Å². The Labute approximate surface area is 95.6 Å². The molecule has 0 aliphatic heterocycles. The van der Waals surface area contributed by atoms with Gasteiger partial charge in [-0.2, -0.15) is 0 Å². The minimum absolute atomic E-state index is 0.0843. The van der Waals surface area contributed by atoms with E-state index < -0.39 is 11.5 Å². The summed E-state index contributed by atoms with van der Waals surface area (Å²) in [5.74, 6) is -0.277. The first-order valence-electron chi connectivity index (χ1n) is 5.32. The molecule has 4 heteroatoms. The van der Waals surface area contributed by atoms with Crippen LogP contribution in [0.15, 0.2) is 11.8 Å². The number of esters is 1. The minimum Gasteiger partial charge on any atom is -0.501 e. The molecular formula is C12H18O4. The number of ketones is 1. The number of allylic oxidation sites excluding steroid dienone is 2. The van der Waals surface area contributed by atoms with E-state index in [0.717, 1.165) is 0 Å². The lowest BCUT2D eigenvalue weighted by atomic mass is 9.92. The molecule has 0 spiro atoms. The predicted molar refractivity (Wildman–Crippen MR) is 58.7 cm³/mol. The van der Waals surface area contributed by atoms with E-state index in [4.69, 9.17) is 9.47 Å². The smallest absolute Gasteiger partial charge is 0.310 e. The Kier molecular flexibility index (Phi) is 3.73. The highest BCUT2D eigenvalue weighted by Gasteiger charge is 2.30. The van der Waals surface area contributed by atoms with E-state index in [2.05, 4.69) is 0 Å². The maximum absolute atomic E-state index is 11.8. The van der Waals surface area contributed by atoms with Crippen molar-refractivity contribution in [2.75, 3.05) is 7.11 Å². The molecule has 0 saturated carbocycles. The number of ether oxygens (including phenoxy) is 2. The van der Waals surface area contributed by atoms with Crippen molar-refractivity contribution in [2.24, 2.45) is 5.92 Å². The number of carbonyl (C=O) groups is 2. The van der Waals surface area contributed by atoms with Crippen molar-refractivity contribution in [2.45, 2.75) is 39.2 Å². The second-order valence-electron chi connectivity index (χ2n) is 4.92. The van der Waals surface area contributed by atoms with E-state index >= 15 is 0 Å². The van der Waals surface area contributed by atoms with Gasteiger partial charge in [0, 0.05) is 18.9 Å². The van der Waals surface area contributed by atoms with Crippen LogP contribution in [0.4, 0.5) is 0 Å². The molecule has 0 heterocycles. The molecule has 0 aromatic heterocycles. The summed E-state index contributed by atoms with van der Waals surface area (Å²) >= 11 is 0. The Morgan fingerprint density at radius 1 is 1.38 bits per heavy atom. The maximum Gasteiger partial charge on any atom is 0.310 e. The highest BCUT2D eigenvalue weighted by atomic mass is 16.6. The van der Waals surface area contributed by atoms with Gasteiger partial charge in [-0.25, -0.2) is 0 Å². The lowest BCUT2D eigenvalue weighted by Gasteiger charge is -2.25. The Morgan fingerprint density at radius 3 is 2.50 bits per heavy atom. The highest BCUT2D eigenvalue weighted by Crippen LogP contribution is 2.25. The number of methoxy groups -OCH3 is 1. The number of carbonyl (C=O) groups excluding carboxylic acids is 2. The minimum atomic E-state index is -0.519. The molecule has 0 aromatic rings. The van der Waals surface area contributed by atoms with Gasteiger partial charge in [-0.05, 0) is 20.8 Å². The molecule has 1 atom stereocenters. The molecule has 0 radical (unpaired) electrons. The molecule has 16 heavy (non-hydrogen) atoms. The van der Waals surface area contributed by atoms with E-state index in [0.29, 0.717) is 12.2 Å². The third kappa shape index (κ3) is 3.68. The standard InChI is InChI=1S/C12H18O4/c1-12(2,3)16-11(14)8-5-9(13)7-10(6-8)15-4/h7-8H,5-6H2,1-4H3. The lowest BCUT2D eigenvalue weighted by Crippen LogP contribution is -2.31. The first kappa shape index (κ1) is 12.7. The fraction of sp³-hybridized carbons (Fsp3) is 0.667. The third-order valence-electron chi connectivity index (χ3n) is 2.22. The van der Waals surface area contributed by atoms with Gasteiger partial charge in [0.2, 0.25) is 0 Å². The van der Waals surface area contributed by atoms with Crippen molar-refractivity contribution in [3.8, 4) is 0 Å². The molecule has 0 aromatic carbocycles. The molecule has 1 unspecified atom stereocenters. The molecule has 0 bridgehead atoms. The van der Waals surface area contributed by atoms with Gasteiger partial charge in [-0.3, -0.25) is 9.59 Å². The van der Waals surface area contributed by atoms with E-state index in [9.17, 15) is 9.59 Å². The van der Waals surface area contributed by atoms with Crippen molar-refractivity contribution >= 4 is 11.8 Å². The highest BCUT2D eigenvalue weighted by molar-refractivity contribution is 5.94. The van der Waals surface area contributed by atoms with Gasteiger partial charge < -0.3 is 9.47 Å². The van der Waals surface area contributed by atoms with Gasteiger partial charge in [0.05, 0.1) is 18.8 Å². The molecular weight excluding hydrogens is 208 g/mol. The van der Waals surface area contributed by atoms with E-state index in [1.165, 1.54) is 13.2 Å². The van der Waals surface area contributed by atoms with Crippen LogP contribution in [0.1, 0.15) is 33.6 Å². The summed E-state index contributed by atoms with van der Waals surface area (Å²) in [6.45, 7) is 5.42. The quantitative estimate of drug-likeness (QED) is 0.674. The Balaban J connectivity index is 2.66. The van der Waals surface area contributed by atoms with Gasteiger partial charge in [-0.15, -0.1) is 0 Å². The monoisotopic (exact) mass is 226 g/mol. The summed E-state index contributed by atoms with van der Waals surface area (Å²) in [6.07, 6.45) is 2.10. The van der Waals surface area contributed by atoms with E-state index in [1.54, 1.807) is 0 Å². The van der Waals surface area contributed by atoms with Crippen LogP contribution in [0.3, 0.4) is 0 Å². The van der Waals surface area contributed by atoms with Crippen molar-refractivity contribution < 1.29 is 19.1 Å². The average molecular weight is 226 g/mol. The van der Waals surface area contributed by atoms with Crippen LogP contribution in [0.5, 0.6) is 0 Å². The number of rotatable bonds is 2. The van der Waals surface area contributed by atoms with Crippen molar-refractivity contribution in [3.63, 3.8) is 0 Å². The fourth-order valence-corrected chi connectivity index (χ4v) is 1.55. The molecule has 0 fully saturated rings. The zero-order valence-corrected chi connectivity index (χ0v) is 10.2. The first-order valence-corrected chi connectivity index (χ1v) is 5.32. The van der Waals surface area contributed by atoms with Crippen LogP contribution in [0, 0.1) is 5.92 Å². The fourth-order valence-electron chi connectivity index (χ4n) is 1.55.